The highest BCUT2D eigenvalue weighted by molar-refractivity contribution is 5.85. The predicted octanol–water partition coefficient (Wildman–Crippen LogP) is 0.309. The largest absolute Gasteiger partial charge is 0.390 e. The fourth-order valence-electron chi connectivity index (χ4n) is 2.95. The number of amides is 1. The molecule has 0 aromatic rings. The summed E-state index contributed by atoms with van der Waals surface area (Å²) in [6.45, 7) is 6.09. The third-order valence-electron chi connectivity index (χ3n) is 3.92. The summed E-state index contributed by atoms with van der Waals surface area (Å²) in [6, 6.07) is 0. The Morgan fingerprint density at radius 2 is 2.05 bits per heavy atom. The number of hydrogen-bond donors (Lipinski definition) is 3. The molecule has 0 spiro atoms. The van der Waals surface area contributed by atoms with Gasteiger partial charge < -0.3 is 25.0 Å². The standard InChI is InChI=1S/C14H25NO5/c1-4-5-6-15-12(17)14(18)7-9(16)11-10(8-14)19-13(2,3)20-11/h9-11,16,18H,4-8H2,1-3H3,(H,15,17)/t9-,10-,11+,14-/m1/s1. The first-order chi connectivity index (χ1) is 9.27. The molecule has 1 aliphatic heterocycles. The average molecular weight is 287 g/mol. The fraction of sp³-hybridized carbons (Fsp3) is 0.929. The van der Waals surface area contributed by atoms with Crippen molar-refractivity contribution >= 4 is 5.91 Å². The van der Waals surface area contributed by atoms with Gasteiger partial charge in [0.2, 0.25) is 0 Å². The van der Waals surface area contributed by atoms with Crippen molar-refractivity contribution < 1.29 is 24.5 Å². The maximum atomic E-state index is 12.1. The first-order valence-corrected chi connectivity index (χ1v) is 7.32. The number of carbonyl (C=O) groups excluding carboxylic acids is 1. The number of rotatable bonds is 4. The Kier molecular flexibility index (Phi) is 4.39. The van der Waals surface area contributed by atoms with Gasteiger partial charge in [0.1, 0.15) is 11.7 Å². The lowest BCUT2D eigenvalue weighted by Gasteiger charge is -2.38. The Hall–Kier alpha value is -0.690. The molecule has 6 nitrogen and oxygen atoms in total. The summed E-state index contributed by atoms with van der Waals surface area (Å²) in [4.78, 5) is 12.1. The van der Waals surface area contributed by atoms with Crippen molar-refractivity contribution in [2.45, 2.75) is 76.2 Å². The number of ether oxygens (including phenoxy) is 2. The van der Waals surface area contributed by atoms with Gasteiger partial charge in [0.25, 0.3) is 5.91 Å². The third-order valence-corrected chi connectivity index (χ3v) is 3.92. The van der Waals surface area contributed by atoms with E-state index in [-0.39, 0.29) is 12.8 Å². The van der Waals surface area contributed by atoms with Crippen LogP contribution in [0.3, 0.4) is 0 Å². The Balaban J connectivity index is 2.02. The smallest absolute Gasteiger partial charge is 0.252 e. The van der Waals surface area contributed by atoms with E-state index in [2.05, 4.69) is 5.32 Å². The molecule has 2 aliphatic rings. The Labute approximate surface area is 119 Å². The lowest BCUT2D eigenvalue weighted by Crippen LogP contribution is -2.58. The molecule has 0 unspecified atom stereocenters. The highest BCUT2D eigenvalue weighted by Crippen LogP contribution is 2.40. The van der Waals surface area contributed by atoms with Crippen molar-refractivity contribution in [3.05, 3.63) is 0 Å². The normalized spacial score (nSPS) is 39.4. The molecular weight excluding hydrogens is 262 g/mol. The SMILES string of the molecule is CCCCNC(=O)[C@@]1(O)C[C@@H](O)[C@@H]2OC(C)(C)O[C@@H]2C1. The van der Waals surface area contributed by atoms with E-state index < -0.39 is 35.6 Å². The summed E-state index contributed by atoms with van der Waals surface area (Å²) in [5.74, 6) is -1.22. The van der Waals surface area contributed by atoms with Gasteiger partial charge >= 0.3 is 0 Å². The number of fused-ring (bicyclic) bond motifs is 1. The minimum Gasteiger partial charge on any atom is -0.390 e. The first kappa shape index (κ1) is 15.7. The predicted molar refractivity (Wildman–Crippen MR) is 71.9 cm³/mol. The van der Waals surface area contributed by atoms with Crippen molar-refractivity contribution in [2.75, 3.05) is 6.54 Å². The van der Waals surface area contributed by atoms with E-state index in [0.29, 0.717) is 6.54 Å². The molecule has 3 N–H and O–H groups in total. The van der Waals surface area contributed by atoms with Crippen molar-refractivity contribution in [3.8, 4) is 0 Å². The second-order valence-corrected chi connectivity index (χ2v) is 6.26. The maximum Gasteiger partial charge on any atom is 0.252 e. The molecule has 20 heavy (non-hydrogen) atoms. The van der Waals surface area contributed by atoms with Gasteiger partial charge in [-0.05, 0) is 20.3 Å². The quantitative estimate of drug-likeness (QED) is 0.648. The van der Waals surface area contributed by atoms with Crippen LogP contribution in [0.1, 0.15) is 46.5 Å². The van der Waals surface area contributed by atoms with E-state index in [9.17, 15) is 15.0 Å². The van der Waals surface area contributed by atoms with E-state index in [1.165, 1.54) is 0 Å². The summed E-state index contributed by atoms with van der Waals surface area (Å²) in [6.07, 6.45) is 0.115. The highest BCUT2D eigenvalue weighted by atomic mass is 16.8. The minimum absolute atomic E-state index is 0.0223. The zero-order valence-electron chi connectivity index (χ0n) is 12.4. The van der Waals surface area contributed by atoms with Crippen LogP contribution in [0.5, 0.6) is 0 Å². The Morgan fingerprint density at radius 3 is 2.70 bits per heavy atom. The maximum absolute atomic E-state index is 12.1. The van der Waals surface area contributed by atoms with Crippen LogP contribution in [-0.4, -0.2) is 52.4 Å². The summed E-state index contributed by atoms with van der Waals surface area (Å²) in [5, 5.41) is 23.4. The van der Waals surface area contributed by atoms with Crippen molar-refractivity contribution in [1.82, 2.24) is 5.32 Å². The third kappa shape index (κ3) is 3.14. The number of hydrogen-bond acceptors (Lipinski definition) is 5. The van der Waals surface area contributed by atoms with E-state index in [1.807, 2.05) is 6.92 Å². The lowest BCUT2D eigenvalue weighted by molar-refractivity contribution is -0.158. The molecule has 1 aliphatic carbocycles. The average Bonchev–Trinajstić information content (AvgIpc) is 2.64. The van der Waals surface area contributed by atoms with Crippen LogP contribution < -0.4 is 5.32 Å². The van der Waals surface area contributed by atoms with Crippen molar-refractivity contribution in [2.24, 2.45) is 0 Å². The molecular formula is C14H25NO5. The molecule has 1 amide bonds. The van der Waals surface area contributed by atoms with E-state index >= 15 is 0 Å². The Morgan fingerprint density at radius 1 is 1.35 bits per heavy atom. The van der Waals surface area contributed by atoms with E-state index in [1.54, 1.807) is 13.8 Å². The molecule has 1 saturated heterocycles. The van der Waals surface area contributed by atoms with Crippen LogP contribution in [0.15, 0.2) is 0 Å². The molecule has 2 fully saturated rings. The molecule has 0 bridgehead atoms. The van der Waals surface area contributed by atoms with Crippen LogP contribution in [0.4, 0.5) is 0 Å². The van der Waals surface area contributed by atoms with Gasteiger partial charge in [-0.1, -0.05) is 13.3 Å². The number of unbranched alkanes of at least 4 members (excludes halogenated alkanes) is 1. The molecule has 2 rings (SSSR count). The lowest BCUT2D eigenvalue weighted by atomic mass is 9.79. The van der Waals surface area contributed by atoms with Gasteiger partial charge in [-0.3, -0.25) is 4.79 Å². The molecule has 1 saturated carbocycles. The van der Waals surface area contributed by atoms with E-state index in [4.69, 9.17) is 9.47 Å². The zero-order valence-corrected chi connectivity index (χ0v) is 12.4. The molecule has 1 heterocycles. The second-order valence-electron chi connectivity index (χ2n) is 6.26. The van der Waals surface area contributed by atoms with Crippen LogP contribution in [-0.2, 0) is 14.3 Å². The van der Waals surface area contributed by atoms with Gasteiger partial charge in [-0.15, -0.1) is 0 Å². The van der Waals surface area contributed by atoms with Gasteiger partial charge in [0.05, 0.1) is 12.2 Å². The molecule has 116 valence electrons. The molecule has 0 aromatic heterocycles. The summed E-state index contributed by atoms with van der Waals surface area (Å²) in [7, 11) is 0. The van der Waals surface area contributed by atoms with Crippen molar-refractivity contribution in [3.63, 3.8) is 0 Å². The van der Waals surface area contributed by atoms with Gasteiger partial charge in [0.15, 0.2) is 5.79 Å². The fourth-order valence-corrected chi connectivity index (χ4v) is 2.95. The topological polar surface area (TPSA) is 88.0 Å². The number of aliphatic hydroxyl groups excluding tert-OH is 1. The summed E-state index contributed by atoms with van der Waals surface area (Å²) < 4.78 is 11.3. The minimum atomic E-state index is -1.59. The number of nitrogens with one attached hydrogen (secondary N) is 1. The first-order valence-electron chi connectivity index (χ1n) is 7.32. The van der Waals surface area contributed by atoms with Crippen LogP contribution in [0, 0.1) is 0 Å². The van der Waals surface area contributed by atoms with Gasteiger partial charge in [0, 0.05) is 19.4 Å². The summed E-state index contributed by atoms with van der Waals surface area (Å²) in [5.41, 5.74) is -1.59. The number of carbonyl (C=O) groups is 1. The van der Waals surface area contributed by atoms with Gasteiger partial charge in [-0.2, -0.15) is 0 Å². The van der Waals surface area contributed by atoms with Crippen LogP contribution in [0.25, 0.3) is 0 Å². The highest BCUT2D eigenvalue weighted by Gasteiger charge is 2.55. The Bertz CT molecular complexity index is 373. The second kappa shape index (κ2) is 5.60. The van der Waals surface area contributed by atoms with Crippen LogP contribution >= 0.6 is 0 Å². The van der Waals surface area contributed by atoms with Gasteiger partial charge in [-0.25, -0.2) is 0 Å². The number of aliphatic hydroxyl groups is 2. The molecule has 0 radical (unpaired) electrons. The van der Waals surface area contributed by atoms with Crippen molar-refractivity contribution in [1.29, 1.82) is 0 Å². The summed E-state index contributed by atoms with van der Waals surface area (Å²) >= 11 is 0. The van der Waals surface area contributed by atoms with Crippen LogP contribution in [0.2, 0.25) is 0 Å². The molecule has 4 atom stereocenters. The van der Waals surface area contributed by atoms with E-state index in [0.717, 1.165) is 12.8 Å². The molecule has 6 heteroatoms. The molecule has 0 aromatic carbocycles. The monoisotopic (exact) mass is 287 g/mol. The zero-order chi connectivity index (χ0) is 15.0.